The summed E-state index contributed by atoms with van der Waals surface area (Å²) in [7, 11) is 1.97. The van der Waals surface area contributed by atoms with Crippen molar-refractivity contribution in [3.63, 3.8) is 0 Å². The molecule has 0 aliphatic heterocycles. The first-order chi connectivity index (χ1) is 10.1. The summed E-state index contributed by atoms with van der Waals surface area (Å²) < 4.78 is 7.02. The summed E-state index contributed by atoms with van der Waals surface area (Å²) in [5.41, 5.74) is 1.87. The van der Waals surface area contributed by atoms with Crippen molar-refractivity contribution in [2.24, 2.45) is 7.05 Å². The molecule has 0 bridgehead atoms. The summed E-state index contributed by atoms with van der Waals surface area (Å²) in [6.45, 7) is 0.137. The van der Waals surface area contributed by atoms with Gasteiger partial charge in [-0.2, -0.15) is 0 Å². The second-order valence-corrected chi connectivity index (χ2v) is 4.95. The molecule has 0 saturated heterocycles. The maximum Gasteiger partial charge on any atom is 0.287 e. The highest BCUT2D eigenvalue weighted by Gasteiger charge is 2.13. The fraction of sp³-hybridized carbons (Fsp3) is 0.188. The van der Waals surface area contributed by atoms with Crippen LogP contribution >= 0.6 is 0 Å². The molecule has 0 spiro atoms. The number of hydrogen-bond acceptors (Lipinski definition) is 3. The molecule has 5 heteroatoms. The van der Waals surface area contributed by atoms with Crippen LogP contribution in [0.15, 0.2) is 53.3 Å². The lowest BCUT2D eigenvalue weighted by Crippen LogP contribution is -2.28. The Hall–Kier alpha value is -2.53. The molecule has 1 atom stereocenters. The number of aromatic nitrogens is 1. The minimum atomic E-state index is -0.756. The standard InChI is InChI=1S/C16H16N2O3/c1-18-7-6-11-9-12(4-5-13(11)18)14(19)10-17-16(20)15-3-2-8-21-15/h2-9,14,19H,10H2,1H3,(H,17,20)/t14-/m1/s1. The third kappa shape index (κ3) is 2.68. The fourth-order valence-corrected chi connectivity index (χ4v) is 2.31. The number of fused-ring (bicyclic) bond motifs is 1. The molecule has 0 unspecified atom stereocenters. The predicted molar refractivity (Wildman–Crippen MR) is 78.9 cm³/mol. The fourth-order valence-electron chi connectivity index (χ4n) is 2.31. The number of benzene rings is 1. The van der Waals surface area contributed by atoms with Crippen molar-refractivity contribution >= 4 is 16.8 Å². The van der Waals surface area contributed by atoms with Crippen LogP contribution in [-0.2, 0) is 7.05 Å². The van der Waals surface area contributed by atoms with E-state index in [1.165, 1.54) is 6.26 Å². The number of amides is 1. The molecule has 2 heterocycles. The monoisotopic (exact) mass is 284 g/mol. The number of carbonyl (C=O) groups excluding carboxylic acids is 1. The number of aliphatic hydroxyl groups is 1. The Kier molecular flexibility index (Phi) is 3.50. The van der Waals surface area contributed by atoms with Crippen molar-refractivity contribution in [1.82, 2.24) is 9.88 Å². The molecular formula is C16H16N2O3. The van der Waals surface area contributed by atoms with E-state index < -0.39 is 6.10 Å². The van der Waals surface area contributed by atoms with Crippen LogP contribution in [-0.4, -0.2) is 22.1 Å². The van der Waals surface area contributed by atoms with Crippen molar-refractivity contribution < 1.29 is 14.3 Å². The Morgan fingerprint density at radius 2 is 2.24 bits per heavy atom. The Morgan fingerprint density at radius 3 is 3.00 bits per heavy atom. The summed E-state index contributed by atoms with van der Waals surface area (Å²) in [6.07, 6.45) is 2.65. The van der Waals surface area contributed by atoms with Crippen LogP contribution in [0.25, 0.3) is 10.9 Å². The van der Waals surface area contributed by atoms with E-state index in [0.29, 0.717) is 0 Å². The van der Waals surface area contributed by atoms with Gasteiger partial charge in [0.2, 0.25) is 0 Å². The summed E-state index contributed by atoms with van der Waals surface area (Å²) in [5, 5.41) is 13.9. The maximum atomic E-state index is 11.7. The first-order valence-electron chi connectivity index (χ1n) is 6.70. The highest BCUT2D eigenvalue weighted by atomic mass is 16.3. The van der Waals surface area contributed by atoms with E-state index in [0.717, 1.165) is 16.5 Å². The van der Waals surface area contributed by atoms with Crippen molar-refractivity contribution in [2.45, 2.75) is 6.10 Å². The number of aryl methyl sites for hydroxylation is 1. The quantitative estimate of drug-likeness (QED) is 0.772. The molecule has 1 amide bonds. The summed E-state index contributed by atoms with van der Waals surface area (Å²) in [5.74, 6) is -0.0967. The topological polar surface area (TPSA) is 67.4 Å². The lowest BCUT2D eigenvalue weighted by Gasteiger charge is -2.12. The van der Waals surface area contributed by atoms with Gasteiger partial charge in [-0.15, -0.1) is 0 Å². The van der Waals surface area contributed by atoms with Crippen LogP contribution in [0.5, 0.6) is 0 Å². The van der Waals surface area contributed by atoms with Crippen LogP contribution in [0.2, 0.25) is 0 Å². The Balaban J connectivity index is 1.69. The van der Waals surface area contributed by atoms with E-state index in [-0.39, 0.29) is 18.2 Å². The lowest BCUT2D eigenvalue weighted by atomic mass is 10.1. The van der Waals surface area contributed by atoms with Crippen molar-refractivity contribution in [3.8, 4) is 0 Å². The van der Waals surface area contributed by atoms with E-state index in [4.69, 9.17) is 4.42 Å². The number of hydrogen-bond donors (Lipinski definition) is 2. The second kappa shape index (κ2) is 5.46. The van der Waals surface area contributed by atoms with E-state index in [2.05, 4.69) is 5.32 Å². The number of nitrogens with one attached hydrogen (secondary N) is 1. The molecule has 0 fully saturated rings. The molecule has 3 rings (SSSR count). The summed E-state index contributed by atoms with van der Waals surface area (Å²) in [6, 6.07) is 11.0. The van der Waals surface area contributed by atoms with Crippen molar-refractivity contribution in [3.05, 3.63) is 60.2 Å². The van der Waals surface area contributed by atoms with Gasteiger partial charge in [-0.1, -0.05) is 6.07 Å². The smallest absolute Gasteiger partial charge is 0.287 e. The molecular weight excluding hydrogens is 268 g/mol. The molecule has 108 valence electrons. The average molecular weight is 284 g/mol. The zero-order valence-electron chi connectivity index (χ0n) is 11.6. The third-order valence-corrected chi connectivity index (χ3v) is 3.49. The molecule has 0 aliphatic rings. The predicted octanol–water partition coefficient (Wildman–Crippen LogP) is 2.23. The van der Waals surface area contributed by atoms with Crippen LogP contribution in [0.3, 0.4) is 0 Å². The highest BCUT2D eigenvalue weighted by molar-refractivity contribution is 5.91. The van der Waals surface area contributed by atoms with E-state index in [1.54, 1.807) is 12.1 Å². The molecule has 3 aromatic rings. The van der Waals surface area contributed by atoms with Gasteiger partial charge in [-0.05, 0) is 41.3 Å². The van der Waals surface area contributed by atoms with Gasteiger partial charge in [0.25, 0.3) is 5.91 Å². The molecule has 21 heavy (non-hydrogen) atoms. The normalized spacial score (nSPS) is 12.5. The lowest BCUT2D eigenvalue weighted by molar-refractivity contribution is 0.0889. The Bertz CT molecular complexity index is 759. The first-order valence-corrected chi connectivity index (χ1v) is 6.70. The van der Waals surface area contributed by atoms with Crippen molar-refractivity contribution in [1.29, 1.82) is 0 Å². The Labute approximate surface area is 121 Å². The molecule has 0 aliphatic carbocycles. The van der Waals surface area contributed by atoms with Gasteiger partial charge in [-0.25, -0.2) is 0 Å². The molecule has 2 aromatic heterocycles. The van der Waals surface area contributed by atoms with Gasteiger partial charge in [0, 0.05) is 25.3 Å². The molecule has 0 saturated carbocycles. The van der Waals surface area contributed by atoms with Gasteiger partial charge in [-0.3, -0.25) is 4.79 Å². The zero-order valence-corrected chi connectivity index (χ0v) is 11.6. The largest absolute Gasteiger partial charge is 0.459 e. The van der Waals surface area contributed by atoms with Crippen LogP contribution in [0, 0.1) is 0 Å². The molecule has 5 nitrogen and oxygen atoms in total. The third-order valence-electron chi connectivity index (χ3n) is 3.49. The highest BCUT2D eigenvalue weighted by Crippen LogP contribution is 2.20. The van der Waals surface area contributed by atoms with Gasteiger partial charge in [0.1, 0.15) is 0 Å². The number of nitrogens with zero attached hydrogens (tertiary/aromatic N) is 1. The van der Waals surface area contributed by atoms with Gasteiger partial charge in [0.15, 0.2) is 5.76 Å². The molecule has 1 aromatic carbocycles. The van der Waals surface area contributed by atoms with E-state index >= 15 is 0 Å². The minimum Gasteiger partial charge on any atom is -0.459 e. The van der Waals surface area contributed by atoms with Crippen molar-refractivity contribution in [2.75, 3.05) is 6.54 Å². The first kappa shape index (κ1) is 13.5. The molecule has 2 N–H and O–H groups in total. The van der Waals surface area contributed by atoms with Crippen LogP contribution in [0.1, 0.15) is 22.2 Å². The average Bonchev–Trinajstić information content (AvgIpc) is 3.14. The summed E-state index contributed by atoms with van der Waals surface area (Å²) >= 11 is 0. The van der Waals surface area contributed by atoms with Gasteiger partial charge < -0.3 is 19.4 Å². The van der Waals surface area contributed by atoms with E-state index in [1.807, 2.05) is 42.1 Å². The van der Waals surface area contributed by atoms with E-state index in [9.17, 15) is 9.90 Å². The SMILES string of the molecule is Cn1ccc2cc([C@H](O)CNC(=O)c3ccco3)ccc21. The second-order valence-electron chi connectivity index (χ2n) is 4.95. The van der Waals surface area contributed by atoms with Crippen LogP contribution < -0.4 is 5.32 Å². The molecule has 0 radical (unpaired) electrons. The van der Waals surface area contributed by atoms with Crippen LogP contribution in [0.4, 0.5) is 0 Å². The number of carbonyl (C=O) groups is 1. The zero-order chi connectivity index (χ0) is 14.8. The van der Waals surface area contributed by atoms with Gasteiger partial charge >= 0.3 is 0 Å². The minimum absolute atomic E-state index is 0.137. The summed E-state index contributed by atoms with van der Waals surface area (Å²) in [4.78, 5) is 11.7. The number of aliphatic hydroxyl groups excluding tert-OH is 1. The number of furan rings is 1. The van der Waals surface area contributed by atoms with Gasteiger partial charge in [0.05, 0.1) is 12.4 Å². The number of rotatable bonds is 4. The Morgan fingerprint density at radius 1 is 1.38 bits per heavy atom. The maximum absolute atomic E-state index is 11.7.